The largest absolute Gasteiger partial charge is 0.330 e. The molecule has 0 aliphatic rings. The van der Waals surface area contributed by atoms with Gasteiger partial charge in [0.1, 0.15) is 5.15 Å². The molecule has 0 fully saturated rings. The standard InChI is InChI=1S/C14H8Cl3N3S/c15-10-3-1-8(5-11(10)16)12-7-21-14(20-12)19-9-2-4-13(17)18-6-9/h1-7H,(H,19,20). The van der Waals surface area contributed by atoms with Crippen LogP contribution in [0.25, 0.3) is 11.3 Å². The van der Waals surface area contributed by atoms with Crippen molar-refractivity contribution < 1.29 is 0 Å². The summed E-state index contributed by atoms with van der Waals surface area (Å²) in [5, 5.41) is 7.38. The third-order valence-corrected chi connectivity index (χ3v) is 4.42. The van der Waals surface area contributed by atoms with E-state index in [9.17, 15) is 0 Å². The average Bonchev–Trinajstić information content (AvgIpc) is 2.93. The first kappa shape index (κ1) is 14.6. The predicted molar refractivity (Wildman–Crippen MR) is 90.1 cm³/mol. The van der Waals surface area contributed by atoms with E-state index in [1.807, 2.05) is 17.5 Å². The fourth-order valence-electron chi connectivity index (χ4n) is 1.69. The Balaban J connectivity index is 1.82. The third-order valence-electron chi connectivity index (χ3n) is 2.70. The summed E-state index contributed by atoms with van der Waals surface area (Å²) in [5.74, 6) is 0. The summed E-state index contributed by atoms with van der Waals surface area (Å²) in [5.41, 5.74) is 2.58. The first-order chi connectivity index (χ1) is 10.1. The number of hydrogen-bond acceptors (Lipinski definition) is 4. The zero-order valence-corrected chi connectivity index (χ0v) is 13.6. The number of benzene rings is 1. The van der Waals surface area contributed by atoms with Crippen molar-refractivity contribution in [3.8, 4) is 11.3 Å². The molecule has 0 amide bonds. The second kappa shape index (κ2) is 6.20. The molecule has 2 heterocycles. The molecule has 0 bridgehead atoms. The average molecular weight is 357 g/mol. The van der Waals surface area contributed by atoms with Gasteiger partial charge in [-0.05, 0) is 24.3 Å². The van der Waals surface area contributed by atoms with Crippen molar-refractivity contribution in [2.75, 3.05) is 5.32 Å². The minimum absolute atomic E-state index is 0.455. The number of pyridine rings is 1. The van der Waals surface area contributed by atoms with Gasteiger partial charge in [-0.1, -0.05) is 40.9 Å². The summed E-state index contributed by atoms with van der Waals surface area (Å²) in [6.45, 7) is 0. The summed E-state index contributed by atoms with van der Waals surface area (Å²) in [4.78, 5) is 8.52. The number of anilines is 2. The highest BCUT2D eigenvalue weighted by Gasteiger charge is 2.07. The number of hydrogen-bond donors (Lipinski definition) is 1. The van der Waals surface area contributed by atoms with Crippen LogP contribution in [0.3, 0.4) is 0 Å². The molecule has 3 nitrogen and oxygen atoms in total. The van der Waals surface area contributed by atoms with Crippen molar-refractivity contribution >= 4 is 57.0 Å². The molecule has 21 heavy (non-hydrogen) atoms. The predicted octanol–water partition coefficient (Wildman–Crippen LogP) is 5.91. The van der Waals surface area contributed by atoms with Crippen LogP contribution in [0.4, 0.5) is 10.8 Å². The Morgan fingerprint density at radius 2 is 1.86 bits per heavy atom. The van der Waals surface area contributed by atoms with Crippen LogP contribution in [0.2, 0.25) is 15.2 Å². The number of rotatable bonds is 3. The van der Waals surface area contributed by atoms with Gasteiger partial charge in [0.15, 0.2) is 5.13 Å². The van der Waals surface area contributed by atoms with Crippen LogP contribution in [0.5, 0.6) is 0 Å². The van der Waals surface area contributed by atoms with Gasteiger partial charge in [-0.3, -0.25) is 0 Å². The van der Waals surface area contributed by atoms with E-state index in [0.717, 1.165) is 22.1 Å². The minimum atomic E-state index is 0.455. The minimum Gasteiger partial charge on any atom is -0.330 e. The lowest BCUT2D eigenvalue weighted by molar-refractivity contribution is 1.31. The highest BCUT2D eigenvalue weighted by Crippen LogP contribution is 2.31. The lowest BCUT2D eigenvalue weighted by Crippen LogP contribution is -1.90. The molecule has 0 aliphatic heterocycles. The highest BCUT2D eigenvalue weighted by molar-refractivity contribution is 7.14. The van der Waals surface area contributed by atoms with Gasteiger partial charge in [0.05, 0.1) is 27.6 Å². The smallest absolute Gasteiger partial charge is 0.187 e. The van der Waals surface area contributed by atoms with Crippen molar-refractivity contribution in [2.24, 2.45) is 0 Å². The van der Waals surface area contributed by atoms with E-state index in [1.54, 1.807) is 24.4 Å². The molecular formula is C14H8Cl3N3S. The number of thiazole rings is 1. The van der Waals surface area contributed by atoms with E-state index in [1.165, 1.54) is 11.3 Å². The molecular weight excluding hydrogens is 349 g/mol. The number of nitrogens with one attached hydrogen (secondary N) is 1. The zero-order chi connectivity index (χ0) is 14.8. The van der Waals surface area contributed by atoms with Crippen molar-refractivity contribution in [3.05, 3.63) is 57.1 Å². The summed E-state index contributed by atoms with van der Waals surface area (Å²) >= 11 is 19.2. The van der Waals surface area contributed by atoms with E-state index in [-0.39, 0.29) is 0 Å². The van der Waals surface area contributed by atoms with Crippen LogP contribution in [-0.2, 0) is 0 Å². The first-order valence-corrected chi connectivity index (χ1v) is 7.93. The molecule has 1 N–H and O–H groups in total. The Morgan fingerprint density at radius 1 is 1.00 bits per heavy atom. The third kappa shape index (κ3) is 3.47. The van der Waals surface area contributed by atoms with E-state index in [0.29, 0.717) is 15.2 Å². The van der Waals surface area contributed by atoms with Gasteiger partial charge in [0.25, 0.3) is 0 Å². The van der Waals surface area contributed by atoms with Crippen molar-refractivity contribution in [2.45, 2.75) is 0 Å². The van der Waals surface area contributed by atoms with E-state index >= 15 is 0 Å². The number of nitrogens with zero attached hydrogens (tertiary/aromatic N) is 2. The Bertz CT molecular complexity index is 771. The SMILES string of the molecule is Clc1ccc(Nc2nc(-c3ccc(Cl)c(Cl)c3)cs2)cn1. The van der Waals surface area contributed by atoms with Gasteiger partial charge in [0.2, 0.25) is 0 Å². The fraction of sp³-hybridized carbons (Fsp3) is 0. The van der Waals surface area contributed by atoms with Gasteiger partial charge >= 0.3 is 0 Å². The summed E-state index contributed by atoms with van der Waals surface area (Å²) < 4.78 is 0. The maximum absolute atomic E-state index is 6.02. The molecule has 0 spiro atoms. The van der Waals surface area contributed by atoms with Gasteiger partial charge < -0.3 is 5.32 Å². The number of aromatic nitrogens is 2. The summed E-state index contributed by atoms with van der Waals surface area (Å²) in [6, 6.07) is 9.01. The Labute approximate surface area is 140 Å². The maximum Gasteiger partial charge on any atom is 0.187 e. The second-order valence-electron chi connectivity index (χ2n) is 4.16. The normalized spacial score (nSPS) is 10.6. The van der Waals surface area contributed by atoms with E-state index in [4.69, 9.17) is 34.8 Å². The molecule has 1 aromatic carbocycles. The van der Waals surface area contributed by atoms with Gasteiger partial charge in [-0.25, -0.2) is 9.97 Å². The summed E-state index contributed by atoms with van der Waals surface area (Å²) in [7, 11) is 0. The molecule has 0 unspecified atom stereocenters. The first-order valence-electron chi connectivity index (χ1n) is 5.91. The molecule has 0 saturated carbocycles. The van der Waals surface area contributed by atoms with Crippen molar-refractivity contribution in [1.82, 2.24) is 9.97 Å². The Kier molecular flexibility index (Phi) is 4.31. The molecule has 0 atom stereocenters. The topological polar surface area (TPSA) is 37.8 Å². The van der Waals surface area contributed by atoms with Crippen LogP contribution in [-0.4, -0.2) is 9.97 Å². The fourth-order valence-corrected chi connectivity index (χ4v) is 2.84. The molecule has 106 valence electrons. The van der Waals surface area contributed by atoms with E-state index in [2.05, 4.69) is 15.3 Å². The number of halogens is 3. The maximum atomic E-state index is 6.02. The van der Waals surface area contributed by atoms with Gasteiger partial charge in [-0.2, -0.15) is 0 Å². The molecule has 3 aromatic rings. The molecule has 7 heteroatoms. The Hall–Kier alpha value is -1.33. The lowest BCUT2D eigenvalue weighted by atomic mass is 10.2. The van der Waals surface area contributed by atoms with Crippen LogP contribution >= 0.6 is 46.1 Å². The molecule has 3 rings (SSSR count). The molecule has 0 saturated heterocycles. The van der Waals surface area contributed by atoms with Gasteiger partial charge in [0, 0.05) is 10.9 Å². The quantitative estimate of drug-likeness (QED) is 0.593. The van der Waals surface area contributed by atoms with Crippen LogP contribution in [0.1, 0.15) is 0 Å². The second-order valence-corrected chi connectivity index (χ2v) is 6.22. The van der Waals surface area contributed by atoms with Crippen LogP contribution in [0.15, 0.2) is 41.9 Å². The van der Waals surface area contributed by atoms with E-state index < -0.39 is 0 Å². The summed E-state index contributed by atoms with van der Waals surface area (Å²) in [6.07, 6.45) is 1.66. The van der Waals surface area contributed by atoms with Crippen LogP contribution in [0, 0.1) is 0 Å². The molecule has 0 radical (unpaired) electrons. The zero-order valence-electron chi connectivity index (χ0n) is 10.5. The Morgan fingerprint density at radius 3 is 2.57 bits per heavy atom. The molecule has 0 aliphatic carbocycles. The van der Waals surface area contributed by atoms with Gasteiger partial charge in [-0.15, -0.1) is 11.3 Å². The monoisotopic (exact) mass is 355 g/mol. The van der Waals surface area contributed by atoms with Crippen LogP contribution < -0.4 is 5.32 Å². The highest BCUT2D eigenvalue weighted by atomic mass is 35.5. The lowest BCUT2D eigenvalue weighted by Gasteiger charge is -2.02. The van der Waals surface area contributed by atoms with Crippen molar-refractivity contribution in [1.29, 1.82) is 0 Å². The van der Waals surface area contributed by atoms with Crippen molar-refractivity contribution in [3.63, 3.8) is 0 Å². The molecule has 2 aromatic heterocycles.